The fourth-order valence-electron chi connectivity index (χ4n) is 2.80. The molecule has 0 radical (unpaired) electrons. The second kappa shape index (κ2) is 7.98. The third-order valence-corrected chi connectivity index (χ3v) is 6.05. The van der Waals surface area contributed by atoms with Gasteiger partial charge < -0.3 is 9.47 Å². The van der Waals surface area contributed by atoms with Crippen LogP contribution in [0.3, 0.4) is 0 Å². The van der Waals surface area contributed by atoms with Gasteiger partial charge in [0.1, 0.15) is 10.6 Å². The Morgan fingerprint density at radius 3 is 2.48 bits per heavy atom. The van der Waals surface area contributed by atoms with E-state index < -0.39 is 11.9 Å². The van der Waals surface area contributed by atoms with E-state index in [0.29, 0.717) is 15.1 Å². The predicted molar refractivity (Wildman–Crippen MR) is 112 cm³/mol. The number of carbonyl (C=O) groups is 3. The van der Waals surface area contributed by atoms with Gasteiger partial charge in [-0.05, 0) is 41.8 Å². The molecular weight excluding hydrogens is 408 g/mol. The van der Waals surface area contributed by atoms with Crippen LogP contribution in [0.4, 0.5) is 0 Å². The minimum atomic E-state index is -0.636. The lowest BCUT2D eigenvalue weighted by Crippen LogP contribution is -2.11. The molecule has 0 aliphatic rings. The SMILES string of the molecule is CC(=O)Oc1cccc(C(=O)Oc2c(C(=O)c3cccs3)sc3ccccc23)c1. The van der Waals surface area contributed by atoms with Crippen molar-refractivity contribution in [1.82, 2.24) is 0 Å². The van der Waals surface area contributed by atoms with Crippen molar-refractivity contribution in [2.75, 3.05) is 0 Å². The number of fused-ring (bicyclic) bond motifs is 1. The van der Waals surface area contributed by atoms with Crippen molar-refractivity contribution in [3.63, 3.8) is 0 Å². The summed E-state index contributed by atoms with van der Waals surface area (Å²) in [6, 6.07) is 17.1. The van der Waals surface area contributed by atoms with Crippen LogP contribution in [0.25, 0.3) is 10.1 Å². The number of benzene rings is 2. The van der Waals surface area contributed by atoms with E-state index in [1.807, 2.05) is 29.6 Å². The van der Waals surface area contributed by atoms with Crippen LogP contribution in [0.15, 0.2) is 66.0 Å². The number of esters is 2. The Kier molecular flexibility index (Phi) is 5.24. The molecule has 5 nitrogen and oxygen atoms in total. The van der Waals surface area contributed by atoms with Crippen LogP contribution in [-0.2, 0) is 4.79 Å². The Bertz CT molecular complexity index is 1220. The molecule has 0 spiro atoms. The van der Waals surface area contributed by atoms with Gasteiger partial charge in [-0.1, -0.05) is 24.3 Å². The molecule has 0 saturated heterocycles. The van der Waals surface area contributed by atoms with E-state index in [1.165, 1.54) is 35.7 Å². The van der Waals surface area contributed by atoms with Gasteiger partial charge in [0.2, 0.25) is 5.78 Å². The molecule has 4 rings (SSSR count). The summed E-state index contributed by atoms with van der Waals surface area (Å²) < 4.78 is 11.6. The lowest BCUT2D eigenvalue weighted by molar-refractivity contribution is -0.131. The minimum absolute atomic E-state index is 0.183. The maximum atomic E-state index is 13.0. The van der Waals surface area contributed by atoms with Gasteiger partial charge in [-0.2, -0.15) is 0 Å². The summed E-state index contributed by atoms with van der Waals surface area (Å²) in [6.45, 7) is 1.28. The number of thiophene rings is 2. The van der Waals surface area contributed by atoms with Crippen molar-refractivity contribution in [3.05, 3.63) is 81.4 Å². The third kappa shape index (κ3) is 3.96. The minimum Gasteiger partial charge on any atom is -0.427 e. The summed E-state index contributed by atoms with van der Waals surface area (Å²) in [5, 5.41) is 2.52. The highest BCUT2D eigenvalue weighted by molar-refractivity contribution is 7.22. The van der Waals surface area contributed by atoms with Crippen LogP contribution in [0.1, 0.15) is 31.8 Å². The van der Waals surface area contributed by atoms with Crippen molar-refractivity contribution < 1.29 is 23.9 Å². The van der Waals surface area contributed by atoms with Gasteiger partial charge in [0.05, 0.1) is 10.4 Å². The topological polar surface area (TPSA) is 69.7 Å². The molecule has 2 heterocycles. The number of carbonyl (C=O) groups excluding carboxylic acids is 3. The van der Waals surface area contributed by atoms with Crippen LogP contribution in [0.2, 0.25) is 0 Å². The smallest absolute Gasteiger partial charge is 0.343 e. The van der Waals surface area contributed by atoms with Crippen LogP contribution in [0, 0.1) is 0 Å². The summed E-state index contributed by atoms with van der Waals surface area (Å²) in [5.41, 5.74) is 0.216. The first-order chi connectivity index (χ1) is 14.0. The zero-order chi connectivity index (χ0) is 20.4. The first-order valence-corrected chi connectivity index (χ1v) is 10.3. The summed E-state index contributed by atoms with van der Waals surface area (Å²) in [6.07, 6.45) is 0. The first-order valence-electron chi connectivity index (χ1n) is 8.63. The molecule has 7 heteroatoms. The maximum absolute atomic E-state index is 13.0. The van der Waals surface area contributed by atoms with Crippen molar-refractivity contribution in [2.24, 2.45) is 0 Å². The number of hydrogen-bond acceptors (Lipinski definition) is 7. The monoisotopic (exact) mass is 422 g/mol. The molecule has 0 bridgehead atoms. The second-order valence-electron chi connectivity index (χ2n) is 6.07. The van der Waals surface area contributed by atoms with Crippen molar-refractivity contribution in [1.29, 1.82) is 0 Å². The normalized spacial score (nSPS) is 10.7. The number of hydrogen-bond donors (Lipinski definition) is 0. The molecule has 0 saturated carbocycles. The summed E-state index contributed by atoms with van der Waals surface area (Å²) >= 11 is 2.63. The molecule has 29 heavy (non-hydrogen) atoms. The molecule has 0 unspecified atom stereocenters. The highest BCUT2D eigenvalue weighted by Crippen LogP contribution is 2.40. The molecule has 144 valence electrons. The Balaban J connectivity index is 1.72. The van der Waals surface area contributed by atoms with E-state index in [9.17, 15) is 14.4 Å². The number of ketones is 1. The third-order valence-electron chi connectivity index (χ3n) is 4.03. The van der Waals surface area contributed by atoms with E-state index in [1.54, 1.807) is 30.3 Å². The number of rotatable bonds is 5. The van der Waals surface area contributed by atoms with E-state index >= 15 is 0 Å². The summed E-state index contributed by atoms with van der Waals surface area (Å²) in [4.78, 5) is 37.9. The zero-order valence-corrected chi connectivity index (χ0v) is 16.8. The van der Waals surface area contributed by atoms with Crippen molar-refractivity contribution >= 4 is 50.5 Å². The van der Waals surface area contributed by atoms with Crippen LogP contribution in [-0.4, -0.2) is 17.7 Å². The molecule has 4 aromatic rings. The zero-order valence-electron chi connectivity index (χ0n) is 15.2. The van der Waals surface area contributed by atoms with Crippen LogP contribution >= 0.6 is 22.7 Å². The molecule has 2 aromatic heterocycles. The van der Waals surface area contributed by atoms with Crippen molar-refractivity contribution in [2.45, 2.75) is 6.92 Å². The Labute approximate surface area is 174 Å². The maximum Gasteiger partial charge on any atom is 0.343 e. The molecule has 0 N–H and O–H groups in total. The van der Waals surface area contributed by atoms with E-state index in [0.717, 1.165) is 4.70 Å². The molecule has 0 aliphatic carbocycles. The van der Waals surface area contributed by atoms with Crippen LogP contribution < -0.4 is 9.47 Å². The fourth-order valence-corrected chi connectivity index (χ4v) is 4.62. The van der Waals surface area contributed by atoms with E-state index in [-0.39, 0.29) is 22.8 Å². The lowest BCUT2D eigenvalue weighted by atomic mass is 10.2. The van der Waals surface area contributed by atoms with Gasteiger partial charge in [0.15, 0.2) is 5.75 Å². The summed E-state index contributed by atoms with van der Waals surface area (Å²) in [7, 11) is 0. The molecule has 0 atom stereocenters. The van der Waals surface area contributed by atoms with Crippen molar-refractivity contribution in [3.8, 4) is 11.5 Å². The highest BCUT2D eigenvalue weighted by atomic mass is 32.1. The predicted octanol–water partition coefficient (Wildman–Crippen LogP) is 5.34. The average molecular weight is 422 g/mol. The molecule has 2 aromatic carbocycles. The standard InChI is InChI=1S/C22H14O5S2/c1-13(23)26-15-7-4-6-14(12-15)22(25)27-20-16-8-2-3-9-17(16)29-21(20)19(24)18-10-5-11-28-18/h2-12H,1H3. The average Bonchev–Trinajstić information content (AvgIpc) is 3.36. The van der Waals surface area contributed by atoms with Gasteiger partial charge in [-0.25, -0.2) is 4.79 Å². The van der Waals surface area contributed by atoms with Crippen LogP contribution in [0.5, 0.6) is 11.5 Å². The fraction of sp³-hybridized carbons (Fsp3) is 0.0455. The highest BCUT2D eigenvalue weighted by Gasteiger charge is 2.24. The van der Waals surface area contributed by atoms with E-state index in [2.05, 4.69) is 0 Å². The molecule has 0 amide bonds. The van der Waals surface area contributed by atoms with Gasteiger partial charge in [-0.15, -0.1) is 22.7 Å². The Morgan fingerprint density at radius 2 is 1.72 bits per heavy atom. The largest absolute Gasteiger partial charge is 0.427 e. The molecular formula is C22H14O5S2. The molecule has 0 aliphatic heterocycles. The second-order valence-corrected chi connectivity index (χ2v) is 8.07. The van der Waals surface area contributed by atoms with Gasteiger partial charge in [0, 0.05) is 17.0 Å². The number of ether oxygens (including phenoxy) is 2. The van der Waals surface area contributed by atoms with E-state index in [4.69, 9.17) is 9.47 Å². The van der Waals surface area contributed by atoms with Gasteiger partial charge in [0.25, 0.3) is 0 Å². The molecule has 0 fully saturated rings. The van der Waals surface area contributed by atoms with Gasteiger partial charge in [-0.3, -0.25) is 9.59 Å². The quantitative estimate of drug-likeness (QED) is 0.247. The lowest BCUT2D eigenvalue weighted by Gasteiger charge is -2.07. The Hall–Kier alpha value is -3.29. The van der Waals surface area contributed by atoms with Gasteiger partial charge >= 0.3 is 11.9 Å². The first kappa shape index (κ1) is 19.0. The Morgan fingerprint density at radius 1 is 0.897 bits per heavy atom. The summed E-state index contributed by atoms with van der Waals surface area (Å²) in [5.74, 6) is -0.812.